The molecule has 0 N–H and O–H groups in total. The number of allylic oxidation sites excluding steroid dienone is 6. The molecule has 0 aromatic carbocycles. The molecule has 0 saturated carbocycles. The Bertz CT molecular complexity index is 1290. The normalized spacial score (nSPS) is 12.2. The fraction of sp³-hybridized carbons (Fsp3) is 0.873. The summed E-state index contributed by atoms with van der Waals surface area (Å²) in [4.78, 5) is 38.3. The van der Waals surface area contributed by atoms with Gasteiger partial charge in [0.1, 0.15) is 13.2 Å². The summed E-state index contributed by atoms with van der Waals surface area (Å²) in [5.74, 6) is -0.860. The van der Waals surface area contributed by atoms with E-state index in [9.17, 15) is 14.4 Å². The van der Waals surface area contributed by atoms with Gasteiger partial charge in [0.05, 0.1) is 0 Å². The summed E-state index contributed by atoms with van der Waals surface area (Å²) >= 11 is 0. The number of carbonyl (C=O) groups excluding carboxylic acids is 3. The van der Waals surface area contributed by atoms with E-state index in [1.54, 1.807) is 0 Å². The van der Waals surface area contributed by atoms with Gasteiger partial charge < -0.3 is 14.2 Å². The third-order valence-electron chi connectivity index (χ3n) is 15.6. The lowest BCUT2D eigenvalue weighted by Gasteiger charge is -2.18. The molecule has 0 heterocycles. The van der Waals surface area contributed by atoms with Crippen molar-refractivity contribution in [2.75, 3.05) is 13.2 Å². The number of rotatable bonds is 64. The van der Waals surface area contributed by atoms with Crippen LogP contribution in [0.3, 0.4) is 0 Å². The van der Waals surface area contributed by atoms with Crippen molar-refractivity contribution in [3.63, 3.8) is 0 Å². The van der Waals surface area contributed by atoms with E-state index >= 15 is 0 Å². The van der Waals surface area contributed by atoms with Crippen LogP contribution in [0.15, 0.2) is 36.5 Å². The molecule has 77 heavy (non-hydrogen) atoms. The second-order valence-corrected chi connectivity index (χ2v) is 23.4. The summed E-state index contributed by atoms with van der Waals surface area (Å²) in [5, 5.41) is 0. The van der Waals surface area contributed by atoms with Gasteiger partial charge >= 0.3 is 17.9 Å². The van der Waals surface area contributed by atoms with Crippen molar-refractivity contribution in [1.29, 1.82) is 0 Å². The molecule has 0 aliphatic carbocycles. The Morgan fingerprint density at radius 3 is 0.740 bits per heavy atom. The van der Waals surface area contributed by atoms with E-state index in [-0.39, 0.29) is 31.1 Å². The van der Waals surface area contributed by atoms with Crippen LogP contribution in [0.1, 0.15) is 380 Å². The largest absolute Gasteiger partial charge is 0.462 e. The molecule has 0 aromatic rings. The van der Waals surface area contributed by atoms with Gasteiger partial charge in [-0.05, 0) is 77.0 Å². The van der Waals surface area contributed by atoms with E-state index in [1.165, 1.54) is 263 Å². The minimum Gasteiger partial charge on any atom is -0.462 e. The molecule has 6 nitrogen and oxygen atoms in total. The van der Waals surface area contributed by atoms with Gasteiger partial charge in [0.15, 0.2) is 6.10 Å². The summed E-state index contributed by atoms with van der Waals surface area (Å²) in [5.41, 5.74) is 0. The lowest BCUT2D eigenvalue weighted by Crippen LogP contribution is -2.30. The molecule has 0 saturated heterocycles. The van der Waals surface area contributed by atoms with Gasteiger partial charge in [-0.15, -0.1) is 0 Å². The molecule has 1 atom stereocenters. The molecule has 0 bridgehead atoms. The highest BCUT2D eigenvalue weighted by molar-refractivity contribution is 5.71. The number of esters is 3. The lowest BCUT2D eigenvalue weighted by atomic mass is 10.0. The van der Waals surface area contributed by atoms with Gasteiger partial charge in [0, 0.05) is 19.3 Å². The predicted octanol–water partition coefficient (Wildman–Crippen LogP) is 23.6. The maximum absolute atomic E-state index is 12.9. The molecule has 0 spiro atoms. The van der Waals surface area contributed by atoms with E-state index in [4.69, 9.17) is 14.2 Å². The quantitative estimate of drug-likeness (QED) is 0.0261. The topological polar surface area (TPSA) is 78.9 Å². The van der Waals surface area contributed by atoms with Crippen molar-refractivity contribution in [2.24, 2.45) is 0 Å². The molecule has 0 radical (unpaired) electrons. The monoisotopic (exact) mass is 1080 g/mol. The van der Waals surface area contributed by atoms with E-state index in [0.717, 1.165) is 77.0 Å². The molecule has 6 heteroatoms. The zero-order valence-corrected chi connectivity index (χ0v) is 52.0. The van der Waals surface area contributed by atoms with Gasteiger partial charge in [-0.2, -0.15) is 0 Å². The van der Waals surface area contributed by atoms with E-state index in [1.807, 2.05) is 0 Å². The zero-order chi connectivity index (χ0) is 55.7. The molecule has 0 rings (SSSR count). The second-order valence-electron chi connectivity index (χ2n) is 23.4. The minimum absolute atomic E-state index is 0.0726. The van der Waals surface area contributed by atoms with Gasteiger partial charge in [-0.25, -0.2) is 0 Å². The van der Waals surface area contributed by atoms with Crippen LogP contribution in [0.25, 0.3) is 0 Å². The summed E-state index contributed by atoms with van der Waals surface area (Å²) in [7, 11) is 0. The van der Waals surface area contributed by atoms with Crippen LogP contribution in [0, 0.1) is 0 Å². The van der Waals surface area contributed by atoms with Crippen LogP contribution in [-0.2, 0) is 28.6 Å². The van der Waals surface area contributed by atoms with Crippen molar-refractivity contribution in [1.82, 2.24) is 0 Å². The SMILES string of the molecule is CCCCCC/C=C\C/C=C\CCCCCCCC(=O)OC(COC(=O)CCCCCCCCCCCCCCCC)COC(=O)CCCCCCCCCCCCCCCCCCC/C=C\CCCCCCCCCC. The van der Waals surface area contributed by atoms with Crippen LogP contribution >= 0.6 is 0 Å². The standard InChI is InChI=1S/C71H132O6/c1-4-7-10-13-16-19-22-25-28-30-31-32-33-34-35-36-37-38-39-40-41-42-44-46-49-52-55-58-61-64-70(73)76-67-68(66-75-69(72)63-60-57-54-51-48-45-27-24-21-18-15-12-9-6-3)77-71(74)65-62-59-56-53-50-47-43-29-26-23-20-17-14-11-8-5-2/h20,23,29-31,43,68H,4-19,21-22,24-28,32-42,44-67H2,1-3H3/b23-20-,31-30-,43-29-. The fourth-order valence-electron chi connectivity index (χ4n) is 10.4. The first-order chi connectivity index (χ1) is 38.0. The Hall–Kier alpha value is -2.37. The molecule has 0 amide bonds. The fourth-order valence-corrected chi connectivity index (χ4v) is 10.4. The Balaban J connectivity index is 4.18. The summed E-state index contributed by atoms with van der Waals surface area (Å²) in [6.45, 7) is 6.68. The van der Waals surface area contributed by atoms with Crippen molar-refractivity contribution in [3.05, 3.63) is 36.5 Å². The molecule has 452 valence electrons. The first-order valence-electron chi connectivity index (χ1n) is 34.5. The van der Waals surface area contributed by atoms with Crippen LogP contribution in [0.5, 0.6) is 0 Å². The van der Waals surface area contributed by atoms with Gasteiger partial charge in [0.25, 0.3) is 0 Å². The van der Waals surface area contributed by atoms with Crippen LogP contribution in [-0.4, -0.2) is 37.2 Å². The molecule has 0 aliphatic heterocycles. The highest BCUT2D eigenvalue weighted by atomic mass is 16.6. The first kappa shape index (κ1) is 74.6. The van der Waals surface area contributed by atoms with Crippen molar-refractivity contribution < 1.29 is 28.6 Å². The van der Waals surface area contributed by atoms with Crippen LogP contribution < -0.4 is 0 Å². The van der Waals surface area contributed by atoms with E-state index < -0.39 is 6.10 Å². The smallest absolute Gasteiger partial charge is 0.306 e. The summed E-state index contributed by atoms with van der Waals surface area (Å²) in [6.07, 6.45) is 81.7. The maximum Gasteiger partial charge on any atom is 0.306 e. The van der Waals surface area contributed by atoms with Crippen LogP contribution in [0.2, 0.25) is 0 Å². The average Bonchev–Trinajstić information content (AvgIpc) is 3.43. The lowest BCUT2D eigenvalue weighted by molar-refractivity contribution is -0.167. The van der Waals surface area contributed by atoms with Crippen molar-refractivity contribution in [2.45, 2.75) is 386 Å². The number of hydrogen-bond acceptors (Lipinski definition) is 6. The average molecular weight is 1080 g/mol. The van der Waals surface area contributed by atoms with Gasteiger partial charge in [-0.3, -0.25) is 14.4 Å². The minimum atomic E-state index is -0.777. The molecule has 0 aromatic heterocycles. The second kappa shape index (κ2) is 66.1. The third-order valence-corrected chi connectivity index (χ3v) is 15.6. The maximum atomic E-state index is 12.9. The van der Waals surface area contributed by atoms with Crippen LogP contribution in [0.4, 0.5) is 0 Å². The number of ether oxygens (including phenoxy) is 3. The van der Waals surface area contributed by atoms with E-state index in [0.29, 0.717) is 19.3 Å². The molecular formula is C71H132O6. The third kappa shape index (κ3) is 64.3. The van der Waals surface area contributed by atoms with Gasteiger partial charge in [0.2, 0.25) is 0 Å². The predicted molar refractivity (Wildman–Crippen MR) is 335 cm³/mol. The summed E-state index contributed by atoms with van der Waals surface area (Å²) < 4.78 is 17.0. The molecule has 1 unspecified atom stereocenters. The highest BCUT2D eigenvalue weighted by Crippen LogP contribution is 2.18. The van der Waals surface area contributed by atoms with E-state index in [2.05, 4.69) is 57.2 Å². The number of unbranched alkanes of at least 4 members (excludes halogenated alkanes) is 47. The Morgan fingerprint density at radius 1 is 0.260 bits per heavy atom. The Labute approximate surface area is 480 Å². The number of hydrogen-bond donors (Lipinski definition) is 0. The Kier molecular flexibility index (Phi) is 64.1. The highest BCUT2D eigenvalue weighted by Gasteiger charge is 2.19. The Morgan fingerprint density at radius 2 is 0.468 bits per heavy atom. The van der Waals surface area contributed by atoms with Crippen molar-refractivity contribution >= 4 is 17.9 Å². The number of carbonyl (C=O) groups is 3. The zero-order valence-electron chi connectivity index (χ0n) is 52.0. The summed E-state index contributed by atoms with van der Waals surface area (Å²) in [6, 6.07) is 0. The van der Waals surface area contributed by atoms with Crippen molar-refractivity contribution in [3.8, 4) is 0 Å². The first-order valence-corrected chi connectivity index (χ1v) is 34.5. The van der Waals surface area contributed by atoms with Gasteiger partial charge in [-0.1, -0.05) is 320 Å². The molecule has 0 fully saturated rings. The molecular weight excluding hydrogens is 949 g/mol. The molecule has 0 aliphatic rings.